The van der Waals surface area contributed by atoms with Crippen molar-refractivity contribution in [2.24, 2.45) is 0 Å². The van der Waals surface area contributed by atoms with Gasteiger partial charge in [0.25, 0.3) is 0 Å². The summed E-state index contributed by atoms with van der Waals surface area (Å²) >= 11 is 0. The molecule has 2 heteroatoms. The molecule has 0 aromatic heterocycles. The summed E-state index contributed by atoms with van der Waals surface area (Å²) in [5.74, 6) is 0. The van der Waals surface area contributed by atoms with Gasteiger partial charge in [0, 0.05) is 13.5 Å². The Morgan fingerprint density at radius 1 is 0.750 bits per heavy atom. The first-order valence-electron chi connectivity index (χ1n) is 8.10. The summed E-state index contributed by atoms with van der Waals surface area (Å²) < 4.78 is 0. The maximum Gasteiger partial charge on any atom is 0.193 e. The fourth-order valence-corrected chi connectivity index (χ4v) is 5.27. The summed E-state index contributed by atoms with van der Waals surface area (Å²) in [5, 5.41) is 2.25. The van der Waals surface area contributed by atoms with E-state index in [-0.39, 0.29) is 5.52 Å². The van der Waals surface area contributed by atoms with Crippen LogP contribution in [0.3, 0.4) is 0 Å². The maximum atomic E-state index is 13.4. The van der Waals surface area contributed by atoms with Gasteiger partial charge in [-0.05, 0) is 42.5 Å². The molecule has 1 nitrogen and oxygen atoms in total. The predicted molar refractivity (Wildman–Crippen MR) is 104 cm³/mol. The molecule has 0 saturated heterocycles. The van der Waals surface area contributed by atoms with Crippen molar-refractivity contribution in [2.45, 2.75) is 20.8 Å². The van der Waals surface area contributed by atoms with E-state index < -0.39 is 7.92 Å². The molecule has 0 radical (unpaired) electrons. The average Bonchev–Trinajstić information content (AvgIpc) is 2.58. The molecule has 0 aliphatic rings. The molecule has 0 aliphatic carbocycles. The summed E-state index contributed by atoms with van der Waals surface area (Å²) in [4.78, 5) is 13.4. The van der Waals surface area contributed by atoms with Crippen LogP contribution in [-0.2, 0) is 0 Å². The number of aryl methyl sites for hydroxylation is 3. The lowest BCUT2D eigenvalue weighted by Crippen LogP contribution is -2.21. The second-order valence-electron chi connectivity index (χ2n) is 6.08. The highest BCUT2D eigenvalue weighted by molar-refractivity contribution is 7.88. The van der Waals surface area contributed by atoms with E-state index >= 15 is 0 Å². The number of hydrogen-bond acceptors (Lipinski definition) is 1. The SMILES string of the molecule is Cc1ccc(P(C(=O)c2ccccc2C)c2ccccc2)c(C)c1. The molecule has 120 valence electrons. The lowest BCUT2D eigenvalue weighted by Gasteiger charge is -2.20. The normalized spacial score (nSPS) is 12.0. The van der Waals surface area contributed by atoms with Crippen molar-refractivity contribution in [3.8, 4) is 0 Å². The molecule has 3 aromatic carbocycles. The molecule has 0 spiro atoms. The van der Waals surface area contributed by atoms with E-state index in [1.54, 1.807) is 0 Å². The molecular formula is C22H21OP. The van der Waals surface area contributed by atoms with Crippen molar-refractivity contribution in [2.75, 3.05) is 0 Å². The van der Waals surface area contributed by atoms with Gasteiger partial charge in [-0.1, -0.05) is 78.4 Å². The summed E-state index contributed by atoms with van der Waals surface area (Å²) in [6, 6.07) is 24.4. The highest BCUT2D eigenvalue weighted by atomic mass is 31.1. The fraction of sp³-hybridized carbons (Fsp3) is 0.136. The lowest BCUT2D eigenvalue weighted by atomic mass is 10.1. The van der Waals surface area contributed by atoms with Crippen molar-refractivity contribution in [3.63, 3.8) is 0 Å². The minimum Gasteiger partial charge on any atom is -0.288 e. The van der Waals surface area contributed by atoms with Gasteiger partial charge < -0.3 is 0 Å². The highest BCUT2D eigenvalue weighted by Crippen LogP contribution is 2.39. The standard InChI is InChI=1S/C22H21OP/c1-16-13-14-21(18(3)15-16)24(19-10-5-4-6-11-19)22(23)20-12-8-7-9-17(20)2/h4-15H,1-3H3. The Bertz CT molecular complexity index is 868. The summed E-state index contributed by atoms with van der Waals surface area (Å²) in [5.41, 5.74) is 4.50. The number of rotatable bonds is 4. The highest BCUT2D eigenvalue weighted by Gasteiger charge is 2.26. The van der Waals surface area contributed by atoms with Gasteiger partial charge in [0.05, 0.1) is 0 Å². The number of carbonyl (C=O) groups excluding carboxylic acids is 1. The van der Waals surface area contributed by atoms with Gasteiger partial charge in [-0.3, -0.25) is 4.79 Å². The van der Waals surface area contributed by atoms with E-state index in [1.807, 2.05) is 49.4 Å². The monoisotopic (exact) mass is 332 g/mol. The van der Waals surface area contributed by atoms with Crippen LogP contribution in [0.4, 0.5) is 0 Å². The smallest absolute Gasteiger partial charge is 0.193 e. The first-order chi connectivity index (χ1) is 11.6. The number of benzene rings is 3. The van der Waals surface area contributed by atoms with E-state index in [2.05, 4.69) is 44.2 Å². The largest absolute Gasteiger partial charge is 0.288 e. The molecule has 0 aliphatic heterocycles. The third-order valence-electron chi connectivity index (χ3n) is 4.19. The van der Waals surface area contributed by atoms with Crippen LogP contribution < -0.4 is 10.6 Å². The van der Waals surface area contributed by atoms with Gasteiger partial charge in [0.1, 0.15) is 0 Å². The fourth-order valence-electron chi connectivity index (χ4n) is 2.93. The molecule has 1 unspecified atom stereocenters. The molecule has 24 heavy (non-hydrogen) atoms. The van der Waals surface area contributed by atoms with Gasteiger partial charge in [-0.25, -0.2) is 0 Å². The van der Waals surface area contributed by atoms with Crippen LogP contribution in [0, 0.1) is 20.8 Å². The summed E-state index contributed by atoms with van der Waals surface area (Å²) in [6.45, 7) is 6.20. The molecule has 0 fully saturated rings. The van der Waals surface area contributed by atoms with Crippen LogP contribution >= 0.6 is 7.92 Å². The molecule has 0 saturated carbocycles. The van der Waals surface area contributed by atoms with E-state index in [1.165, 1.54) is 11.1 Å². The molecular weight excluding hydrogens is 311 g/mol. The third-order valence-corrected chi connectivity index (χ3v) is 6.63. The summed E-state index contributed by atoms with van der Waals surface area (Å²) in [6.07, 6.45) is 0. The molecule has 1 atom stereocenters. The van der Waals surface area contributed by atoms with Gasteiger partial charge in [0.2, 0.25) is 0 Å². The van der Waals surface area contributed by atoms with Gasteiger partial charge in [-0.2, -0.15) is 0 Å². The summed E-state index contributed by atoms with van der Waals surface area (Å²) in [7, 11) is -1.08. The molecule has 0 bridgehead atoms. The van der Waals surface area contributed by atoms with E-state index in [0.717, 1.165) is 21.7 Å². The minimum atomic E-state index is -1.08. The molecule has 3 aromatic rings. The quantitative estimate of drug-likeness (QED) is 0.622. The number of hydrogen-bond donors (Lipinski definition) is 0. The van der Waals surface area contributed by atoms with Crippen molar-refractivity contribution in [1.82, 2.24) is 0 Å². The van der Waals surface area contributed by atoms with Gasteiger partial charge in [0.15, 0.2) is 5.52 Å². The molecule has 3 rings (SSSR count). The third kappa shape index (κ3) is 3.32. The Morgan fingerprint density at radius 3 is 2.08 bits per heavy atom. The Kier molecular flexibility index (Phi) is 4.92. The Balaban J connectivity index is 2.16. The zero-order valence-corrected chi connectivity index (χ0v) is 15.2. The van der Waals surface area contributed by atoms with E-state index in [4.69, 9.17) is 0 Å². The van der Waals surface area contributed by atoms with Crippen molar-refractivity contribution < 1.29 is 4.79 Å². The second kappa shape index (κ2) is 7.11. The average molecular weight is 332 g/mol. The van der Waals surface area contributed by atoms with Crippen LogP contribution in [0.5, 0.6) is 0 Å². The van der Waals surface area contributed by atoms with Crippen molar-refractivity contribution in [3.05, 3.63) is 95.1 Å². The van der Waals surface area contributed by atoms with E-state index in [9.17, 15) is 4.79 Å². The topological polar surface area (TPSA) is 17.1 Å². The van der Waals surface area contributed by atoms with Crippen molar-refractivity contribution >= 4 is 24.1 Å². The number of carbonyl (C=O) groups is 1. The Hall–Kier alpha value is -2.24. The molecule has 0 amide bonds. The van der Waals surface area contributed by atoms with Crippen LogP contribution in [0.2, 0.25) is 0 Å². The predicted octanol–water partition coefficient (Wildman–Crippen LogP) is 4.88. The van der Waals surface area contributed by atoms with Crippen molar-refractivity contribution in [1.29, 1.82) is 0 Å². The van der Waals surface area contributed by atoms with E-state index in [0.29, 0.717) is 0 Å². The molecule has 0 N–H and O–H groups in total. The van der Waals surface area contributed by atoms with Crippen LogP contribution in [0.1, 0.15) is 27.0 Å². The van der Waals surface area contributed by atoms with Crippen LogP contribution in [-0.4, -0.2) is 5.52 Å². The Labute approximate surface area is 145 Å². The van der Waals surface area contributed by atoms with Crippen LogP contribution in [0.25, 0.3) is 0 Å². The zero-order chi connectivity index (χ0) is 17.1. The van der Waals surface area contributed by atoms with Crippen LogP contribution in [0.15, 0.2) is 72.8 Å². The minimum absolute atomic E-state index is 0.223. The van der Waals surface area contributed by atoms with Gasteiger partial charge in [-0.15, -0.1) is 0 Å². The zero-order valence-electron chi connectivity index (χ0n) is 14.3. The second-order valence-corrected chi connectivity index (χ2v) is 8.16. The lowest BCUT2D eigenvalue weighted by molar-refractivity contribution is 0.108. The first kappa shape index (κ1) is 16.6. The first-order valence-corrected chi connectivity index (χ1v) is 9.44. The molecule has 0 heterocycles. The Morgan fingerprint density at radius 2 is 1.42 bits per heavy atom. The van der Waals surface area contributed by atoms with Gasteiger partial charge >= 0.3 is 0 Å². The maximum absolute atomic E-state index is 13.4.